The van der Waals surface area contributed by atoms with Crippen molar-refractivity contribution in [2.75, 3.05) is 6.61 Å². The quantitative estimate of drug-likeness (QED) is 0.673. The van der Waals surface area contributed by atoms with Crippen LogP contribution in [0, 0.1) is 11.8 Å². The van der Waals surface area contributed by atoms with Gasteiger partial charge < -0.3 is 10.2 Å². The molecule has 1 rings (SSSR count). The van der Waals surface area contributed by atoms with Crippen LogP contribution in [-0.4, -0.2) is 16.8 Å². The Balaban J connectivity index is 2.91. The van der Waals surface area contributed by atoms with Gasteiger partial charge in [0.05, 0.1) is 11.6 Å². The number of aliphatic hydroxyl groups is 1. The van der Waals surface area contributed by atoms with E-state index >= 15 is 0 Å². The number of aliphatic hydroxyl groups excluding tert-OH is 1. The van der Waals surface area contributed by atoms with Crippen LogP contribution in [0.15, 0.2) is 18.2 Å². The Hall–Kier alpha value is -1.17. The van der Waals surface area contributed by atoms with Crippen molar-refractivity contribution in [1.82, 2.24) is 0 Å². The van der Waals surface area contributed by atoms with Gasteiger partial charge in [-0.1, -0.05) is 29.5 Å². The first-order valence-electron chi connectivity index (χ1n) is 3.83. The largest absolute Gasteiger partial charge is 0.506 e. The summed E-state index contributed by atoms with van der Waals surface area (Å²) in [5.74, 6) is 5.50. The third-order valence-electron chi connectivity index (χ3n) is 1.44. The Morgan fingerprint density at radius 3 is 2.85 bits per heavy atom. The molecular formula is C10H9ClO2. The van der Waals surface area contributed by atoms with Crippen LogP contribution in [-0.2, 0) is 0 Å². The van der Waals surface area contributed by atoms with Crippen LogP contribution in [0.3, 0.4) is 0 Å². The van der Waals surface area contributed by atoms with E-state index in [0.29, 0.717) is 12.0 Å². The first kappa shape index (κ1) is 9.91. The van der Waals surface area contributed by atoms with E-state index < -0.39 is 0 Å². The first-order valence-corrected chi connectivity index (χ1v) is 4.20. The number of phenols is 1. The van der Waals surface area contributed by atoms with Gasteiger partial charge in [0, 0.05) is 12.0 Å². The molecule has 0 fully saturated rings. The number of rotatable bonds is 1. The minimum absolute atomic E-state index is 0.0254. The zero-order chi connectivity index (χ0) is 9.68. The topological polar surface area (TPSA) is 40.5 Å². The van der Waals surface area contributed by atoms with Crippen molar-refractivity contribution in [3.63, 3.8) is 0 Å². The van der Waals surface area contributed by atoms with Gasteiger partial charge in [0.2, 0.25) is 0 Å². The molecule has 2 N–H and O–H groups in total. The van der Waals surface area contributed by atoms with Gasteiger partial charge in [0.15, 0.2) is 0 Å². The summed E-state index contributed by atoms with van der Waals surface area (Å²) < 4.78 is 0. The molecule has 1 aromatic rings. The molecule has 0 amide bonds. The fourth-order valence-electron chi connectivity index (χ4n) is 0.830. The summed E-state index contributed by atoms with van der Waals surface area (Å²) in [5, 5.41) is 17.9. The average molecular weight is 197 g/mol. The number of hydrogen-bond donors (Lipinski definition) is 2. The highest BCUT2D eigenvalue weighted by Crippen LogP contribution is 2.25. The lowest BCUT2D eigenvalue weighted by Crippen LogP contribution is -1.79. The summed E-state index contributed by atoms with van der Waals surface area (Å²) in [5.41, 5.74) is 0.579. The van der Waals surface area contributed by atoms with Crippen molar-refractivity contribution in [1.29, 1.82) is 0 Å². The van der Waals surface area contributed by atoms with Crippen LogP contribution in [0.25, 0.3) is 0 Å². The molecule has 0 bridgehead atoms. The van der Waals surface area contributed by atoms with E-state index in [2.05, 4.69) is 11.8 Å². The lowest BCUT2D eigenvalue weighted by atomic mass is 10.2. The van der Waals surface area contributed by atoms with E-state index in [9.17, 15) is 5.11 Å². The summed E-state index contributed by atoms with van der Waals surface area (Å²) in [4.78, 5) is 0. The number of hydrogen-bond acceptors (Lipinski definition) is 2. The molecule has 0 spiro atoms. The fraction of sp³-hybridized carbons (Fsp3) is 0.200. The molecule has 0 radical (unpaired) electrons. The Morgan fingerprint density at radius 1 is 1.38 bits per heavy atom. The van der Waals surface area contributed by atoms with Crippen molar-refractivity contribution in [3.8, 4) is 17.6 Å². The molecule has 0 aliphatic heterocycles. The van der Waals surface area contributed by atoms with Crippen molar-refractivity contribution in [3.05, 3.63) is 28.8 Å². The molecule has 0 aliphatic carbocycles. The van der Waals surface area contributed by atoms with E-state index in [0.717, 1.165) is 0 Å². The van der Waals surface area contributed by atoms with E-state index in [4.69, 9.17) is 16.7 Å². The third kappa shape index (κ3) is 2.66. The van der Waals surface area contributed by atoms with E-state index in [-0.39, 0.29) is 17.4 Å². The first-order chi connectivity index (χ1) is 6.25. The number of halogens is 1. The highest BCUT2D eigenvalue weighted by molar-refractivity contribution is 6.33. The van der Waals surface area contributed by atoms with Gasteiger partial charge in [-0.3, -0.25) is 0 Å². The minimum Gasteiger partial charge on any atom is -0.506 e. The lowest BCUT2D eigenvalue weighted by molar-refractivity contribution is 0.305. The highest BCUT2D eigenvalue weighted by Gasteiger charge is 2.00. The third-order valence-corrected chi connectivity index (χ3v) is 1.84. The van der Waals surface area contributed by atoms with E-state index in [1.54, 1.807) is 12.1 Å². The zero-order valence-corrected chi connectivity index (χ0v) is 7.67. The Bertz CT molecular complexity index is 350. The molecule has 0 saturated carbocycles. The molecule has 0 aromatic heterocycles. The van der Waals surface area contributed by atoms with Gasteiger partial charge in [-0.05, 0) is 12.1 Å². The predicted molar refractivity (Wildman–Crippen MR) is 51.7 cm³/mol. The van der Waals surface area contributed by atoms with E-state index in [1.807, 2.05) is 0 Å². The molecule has 2 nitrogen and oxygen atoms in total. The van der Waals surface area contributed by atoms with Crippen molar-refractivity contribution >= 4 is 11.6 Å². The SMILES string of the molecule is OCCC#Cc1cccc(O)c1Cl. The number of phenolic OH excluding ortho intramolecular Hbond substituents is 1. The minimum atomic E-state index is 0.0254. The van der Waals surface area contributed by atoms with Crippen molar-refractivity contribution in [2.24, 2.45) is 0 Å². The molecule has 0 saturated heterocycles. The van der Waals surface area contributed by atoms with Crippen LogP contribution in [0.1, 0.15) is 12.0 Å². The van der Waals surface area contributed by atoms with Gasteiger partial charge in [-0.2, -0.15) is 0 Å². The van der Waals surface area contributed by atoms with Crippen LogP contribution in [0.2, 0.25) is 5.02 Å². The second-order valence-corrected chi connectivity index (χ2v) is 2.79. The molecule has 0 heterocycles. The second-order valence-electron chi connectivity index (χ2n) is 2.41. The average Bonchev–Trinajstić information content (AvgIpc) is 2.13. The Morgan fingerprint density at radius 2 is 2.15 bits per heavy atom. The van der Waals surface area contributed by atoms with Gasteiger partial charge in [-0.25, -0.2) is 0 Å². The maximum absolute atomic E-state index is 9.21. The summed E-state index contributed by atoms with van der Waals surface area (Å²) in [6.07, 6.45) is 0.409. The van der Waals surface area contributed by atoms with Crippen LogP contribution in [0.4, 0.5) is 0 Å². The predicted octanol–water partition coefficient (Wildman–Crippen LogP) is 1.78. The lowest BCUT2D eigenvalue weighted by Gasteiger charge is -1.97. The van der Waals surface area contributed by atoms with Gasteiger partial charge in [0.25, 0.3) is 0 Å². The normalized spacial score (nSPS) is 9.08. The molecule has 0 aliphatic rings. The standard InChI is InChI=1S/C10H9ClO2/c11-10-8(4-1-2-7-12)5-3-6-9(10)13/h3,5-6,12-13H,2,7H2. The molecule has 3 heteroatoms. The fourth-order valence-corrected chi connectivity index (χ4v) is 1.00. The number of benzene rings is 1. The highest BCUT2D eigenvalue weighted by atomic mass is 35.5. The summed E-state index contributed by atoms with van der Waals surface area (Å²) in [6, 6.07) is 4.89. The van der Waals surface area contributed by atoms with Crippen LogP contribution >= 0.6 is 11.6 Å². The maximum atomic E-state index is 9.21. The van der Waals surface area contributed by atoms with Crippen LogP contribution < -0.4 is 0 Å². The molecular weight excluding hydrogens is 188 g/mol. The summed E-state index contributed by atoms with van der Waals surface area (Å²) in [7, 11) is 0. The molecule has 1 aromatic carbocycles. The zero-order valence-electron chi connectivity index (χ0n) is 6.92. The summed E-state index contributed by atoms with van der Waals surface area (Å²) in [6.45, 7) is 0.0312. The number of aromatic hydroxyl groups is 1. The molecule has 0 atom stereocenters. The molecule has 68 valence electrons. The molecule has 0 unspecified atom stereocenters. The molecule has 13 heavy (non-hydrogen) atoms. The van der Waals surface area contributed by atoms with E-state index in [1.165, 1.54) is 6.07 Å². The second kappa shape index (κ2) is 4.76. The Labute approximate surface area is 81.8 Å². The summed E-state index contributed by atoms with van der Waals surface area (Å²) >= 11 is 5.76. The van der Waals surface area contributed by atoms with Crippen molar-refractivity contribution < 1.29 is 10.2 Å². The maximum Gasteiger partial charge on any atom is 0.135 e. The van der Waals surface area contributed by atoms with Crippen molar-refractivity contribution in [2.45, 2.75) is 6.42 Å². The monoisotopic (exact) mass is 196 g/mol. The van der Waals surface area contributed by atoms with Gasteiger partial charge >= 0.3 is 0 Å². The smallest absolute Gasteiger partial charge is 0.135 e. The van der Waals surface area contributed by atoms with Gasteiger partial charge in [0.1, 0.15) is 5.75 Å². The Kier molecular flexibility index (Phi) is 3.63. The van der Waals surface area contributed by atoms with Gasteiger partial charge in [-0.15, -0.1) is 0 Å². The van der Waals surface area contributed by atoms with Crippen LogP contribution in [0.5, 0.6) is 5.75 Å².